The lowest BCUT2D eigenvalue weighted by molar-refractivity contribution is -0.141. The molecule has 0 unspecified atom stereocenters. The summed E-state index contributed by atoms with van der Waals surface area (Å²) in [6, 6.07) is -1.01. The molecule has 0 aromatic rings. The molecule has 0 bridgehead atoms. The van der Waals surface area contributed by atoms with Gasteiger partial charge in [0, 0.05) is 7.11 Å². The second-order valence-electron chi connectivity index (χ2n) is 9.53. The molecule has 0 aromatic carbocycles. The van der Waals surface area contributed by atoms with E-state index in [0.717, 1.165) is 12.8 Å². The van der Waals surface area contributed by atoms with E-state index in [0.29, 0.717) is 13.0 Å². The summed E-state index contributed by atoms with van der Waals surface area (Å²) < 4.78 is 23.5. The van der Waals surface area contributed by atoms with Crippen LogP contribution < -0.4 is 5.32 Å². The molecule has 7 atom stereocenters. The van der Waals surface area contributed by atoms with Gasteiger partial charge in [0.2, 0.25) is 0 Å². The number of carboxylic acid groups (broad SMARTS) is 1. The highest BCUT2D eigenvalue weighted by Crippen LogP contribution is 2.59. The Labute approximate surface area is 178 Å². The third-order valence-corrected chi connectivity index (χ3v) is 6.70. The first-order valence-corrected chi connectivity index (χ1v) is 10.7. The van der Waals surface area contributed by atoms with E-state index in [4.69, 9.17) is 18.9 Å². The fraction of sp³-hybridized carbons (Fsp3) is 0.818. The number of carbonyl (C=O) groups is 2. The summed E-state index contributed by atoms with van der Waals surface area (Å²) >= 11 is 0. The van der Waals surface area contributed by atoms with Crippen molar-refractivity contribution >= 4 is 12.1 Å². The highest BCUT2D eigenvalue weighted by molar-refractivity contribution is 5.80. The number of aliphatic carboxylic acids is 1. The van der Waals surface area contributed by atoms with Crippen LogP contribution in [0.2, 0.25) is 0 Å². The standard InChI is InChI=1S/C22H35NO7/c1-12(2)7-8-15-21(5,30-15)18-17(27-6)14(9-10-22(18)11-28-22)29-20(26)23-16(13(3)4)19(24)25/h7,13-18H,8-11H2,1-6H3,(H,23,26)(H,24,25)/t14-,15-,16-,17-,18-,21-,22+/m1/s1. The Morgan fingerprint density at radius 2 is 2.00 bits per heavy atom. The van der Waals surface area contributed by atoms with Crippen LogP contribution in [0.3, 0.4) is 0 Å². The van der Waals surface area contributed by atoms with Crippen molar-refractivity contribution in [1.29, 1.82) is 0 Å². The summed E-state index contributed by atoms with van der Waals surface area (Å²) in [6.07, 6.45) is 2.77. The van der Waals surface area contributed by atoms with Crippen LogP contribution >= 0.6 is 0 Å². The molecule has 0 aromatic heterocycles. The Morgan fingerprint density at radius 1 is 1.33 bits per heavy atom. The van der Waals surface area contributed by atoms with Crippen LogP contribution in [0, 0.1) is 11.8 Å². The molecule has 30 heavy (non-hydrogen) atoms. The lowest BCUT2D eigenvalue weighted by Gasteiger charge is -2.42. The SMILES string of the molecule is CO[C@@H]1[C@H](OC(=O)N[C@@H](C(=O)O)C(C)C)CC[C@]2(CO2)[C@H]1[C@]1(C)O[C@@H]1CC=C(C)C. The maximum absolute atomic E-state index is 12.5. The van der Waals surface area contributed by atoms with E-state index in [2.05, 4.69) is 32.2 Å². The number of ether oxygens (including phenoxy) is 4. The van der Waals surface area contributed by atoms with Crippen LogP contribution in [0.25, 0.3) is 0 Å². The largest absolute Gasteiger partial charge is 0.480 e. The zero-order valence-electron chi connectivity index (χ0n) is 18.8. The molecule has 0 radical (unpaired) electrons. The van der Waals surface area contributed by atoms with E-state index < -0.39 is 35.9 Å². The van der Waals surface area contributed by atoms with Crippen LogP contribution in [0.15, 0.2) is 11.6 Å². The molecule has 8 nitrogen and oxygen atoms in total. The number of carbonyl (C=O) groups excluding carboxylic acids is 1. The first kappa shape index (κ1) is 23.0. The Morgan fingerprint density at radius 3 is 2.50 bits per heavy atom. The molecular weight excluding hydrogens is 390 g/mol. The molecule has 3 rings (SSSR count). The zero-order valence-corrected chi connectivity index (χ0v) is 18.8. The van der Waals surface area contributed by atoms with Crippen molar-refractivity contribution in [2.75, 3.05) is 13.7 Å². The van der Waals surface area contributed by atoms with Gasteiger partial charge < -0.3 is 29.4 Å². The molecule has 1 aliphatic carbocycles. The Bertz CT molecular complexity index is 698. The van der Waals surface area contributed by atoms with Crippen molar-refractivity contribution in [1.82, 2.24) is 5.32 Å². The van der Waals surface area contributed by atoms with Gasteiger partial charge in [0.15, 0.2) is 0 Å². The number of methoxy groups -OCH3 is 1. The lowest BCUT2D eigenvalue weighted by atomic mass is 9.68. The maximum Gasteiger partial charge on any atom is 0.408 e. The fourth-order valence-corrected chi connectivity index (χ4v) is 4.88. The number of alkyl carbamates (subject to hydrolysis) is 1. The quantitative estimate of drug-likeness (QED) is 0.454. The second kappa shape index (κ2) is 8.48. The Kier molecular flexibility index (Phi) is 6.51. The Hall–Kier alpha value is -1.64. The van der Waals surface area contributed by atoms with Gasteiger partial charge in [-0.05, 0) is 46.0 Å². The number of hydrogen-bond donors (Lipinski definition) is 2. The van der Waals surface area contributed by atoms with Gasteiger partial charge in [0.25, 0.3) is 0 Å². The number of rotatable bonds is 8. The van der Waals surface area contributed by atoms with Gasteiger partial charge in [-0.2, -0.15) is 0 Å². The minimum atomic E-state index is -1.09. The predicted molar refractivity (Wildman–Crippen MR) is 109 cm³/mol. The van der Waals surface area contributed by atoms with E-state index in [1.54, 1.807) is 21.0 Å². The zero-order chi connectivity index (χ0) is 22.3. The van der Waals surface area contributed by atoms with Gasteiger partial charge >= 0.3 is 12.1 Å². The molecule has 170 valence electrons. The summed E-state index contributed by atoms with van der Waals surface area (Å²) in [7, 11) is 1.61. The van der Waals surface area contributed by atoms with E-state index in [1.807, 2.05) is 0 Å². The summed E-state index contributed by atoms with van der Waals surface area (Å²) in [4.78, 5) is 23.8. The second-order valence-corrected chi connectivity index (χ2v) is 9.53. The van der Waals surface area contributed by atoms with Gasteiger partial charge in [-0.1, -0.05) is 25.5 Å². The molecule has 2 N–H and O–H groups in total. The number of carboxylic acids is 1. The number of hydrogen-bond acceptors (Lipinski definition) is 6. The molecule has 3 aliphatic rings. The topological polar surface area (TPSA) is 110 Å². The number of amides is 1. The summed E-state index contributed by atoms with van der Waals surface area (Å²) in [5.74, 6) is -1.42. The minimum absolute atomic E-state index is 0.0704. The van der Waals surface area contributed by atoms with Gasteiger partial charge in [-0.15, -0.1) is 0 Å². The monoisotopic (exact) mass is 425 g/mol. The summed E-state index contributed by atoms with van der Waals surface area (Å²) in [5, 5.41) is 11.8. The minimum Gasteiger partial charge on any atom is -0.480 e. The van der Waals surface area contributed by atoms with E-state index in [9.17, 15) is 14.7 Å². The van der Waals surface area contributed by atoms with Crippen molar-refractivity contribution in [3.05, 3.63) is 11.6 Å². The van der Waals surface area contributed by atoms with Crippen LogP contribution in [0.4, 0.5) is 4.79 Å². The van der Waals surface area contributed by atoms with Gasteiger partial charge in [-0.25, -0.2) is 9.59 Å². The normalized spacial score (nSPS) is 38.1. The molecule has 8 heteroatoms. The average Bonchev–Trinajstić information content (AvgIpc) is 3.56. The van der Waals surface area contributed by atoms with Gasteiger partial charge in [0.1, 0.15) is 29.5 Å². The number of nitrogens with one attached hydrogen (secondary N) is 1. The molecule has 3 fully saturated rings. The molecule has 1 spiro atoms. The van der Waals surface area contributed by atoms with Crippen LogP contribution in [-0.2, 0) is 23.7 Å². The van der Waals surface area contributed by atoms with Crippen LogP contribution in [0.1, 0.15) is 53.9 Å². The molecule has 1 amide bonds. The molecule has 2 saturated heterocycles. The average molecular weight is 426 g/mol. The van der Waals surface area contributed by atoms with Crippen molar-refractivity contribution in [3.8, 4) is 0 Å². The molecular formula is C22H35NO7. The van der Waals surface area contributed by atoms with E-state index in [1.165, 1.54) is 5.57 Å². The van der Waals surface area contributed by atoms with E-state index in [-0.39, 0.29) is 23.5 Å². The third-order valence-electron chi connectivity index (χ3n) is 6.70. The molecule has 2 aliphatic heterocycles. The third kappa shape index (κ3) is 4.50. The van der Waals surface area contributed by atoms with Gasteiger partial charge in [-0.3, -0.25) is 0 Å². The first-order chi connectivity index (χ1) is 14.0. The summed E-state index contributed by atoms with van der Waals surface area (Å²) in [5.41, 5.74) is 0.532. The van der Waals surface area contributed by atoms with Crippen molar-refractivity contribution in [3.63, 3.8) is 0 Å². The first-order valence-electron chi connectivity index (χ1n) is 10.7. The highest BCUT2D eigenvalue weighted by Gasteiger charge is 2.72. The van der Waals surface area contributed by atoms with Crippen molar-refractivity contribution in [2.24, 2.45) is 11.8 Å². The maximum atomic E-state index is 12.5. The van der Waals surface area contributed by atoms with Crippen molar-refractivity contribution in [2.45, 2.75) is 89.4 Å². The Balaban J connectivity index is 1.71. The fourth-order valence-electron chi connectivity index (χ4n) is 4.88. The number of allylic oxidation sites excluding steroid dienone is 1. The molecule has 1 saturated carbocycles. The van der Waals surface area contributed by atoms with Crippen molar-refractivity contribution < 1.29 is 33.6 Å². The van der Waals surface area contributed by atoms with Crippen LogP contribution in [0.5, 0.6) is 0 Å². The predicted octanol–water partition coefficient (Wildman–Crippen LogP) is 2.90. The lowest BCUT2D eigenvalue weighted by Crippen LogP contribution is -2.56. The molecule has 2 heterocycles. The number of epoxide rings is 2. The van der Waals surface area contributed by atoms with Gasteiger partial charge in [0.05, 0.1) is 18.6 Å². The smallest absolute Gasteiger partial charge is 0.408 e. The van der Waals surface area contributed by atoms with Crippen LogP contribution in [-0.4, -0.2) is 66.4 Å². The summed E-state index contributed by atoms with van der Waals surface area (Å²) in [6.45, 7) is 10.3. The van der Waals surface area contributed by atoms with E-state index >= 15 is 0 Å². The highest BCUT2D eigenvalue weighted by atomic mass is 16.6.